The number of benzene rings is 1. The third kappa shape index (κ3) is 3.80. The molecule has 2 N–H and O–H groups in total. The Kier molecular flexibility index (Phi) is 4.15. The van der Waals surface area contributed by atoms with Gasteiger partial charge in [0.1, 0.15) is 21.7 Å². The van der Waals surface area contributed by atoms with Crippen molar-refractivity contribution in [3.8, 4) is 11.6 Å². The number of thiazole rings is 1. The van der Waals surface area contributed by atoms with E-state index in [1.807, 2.05) is 45.0 Å². The van der Waals surface area contributed by atoms with Crippen LogP contribution in [0.5, 0.6) is 11.6 Å². The molecule has 0 saturated carbocycles. The zero-order chi connectivity index (χ0) is 19.2. The Balaban J connectivity index is 1.49. The van der Waals surface area contributed by atoms with Crippen molar-refractivity contribution in [3.05, 3.63) is 41.5 Å². The van der Waals surface area contributed by atoms with Crippen LogP contribution in [0, 0.1) is 0 Å². The molecule has 8 heteroatoms. The summed E-state index contributed by atoms with van der Waals surface area (Å²) in [5.74, 6) is 1.15. The van der Waals surface area contributed by atoms with Gasteiger partial charge in [-0.25, -0.2) is 14.8 Å². The van der Waals surface area contributed by atoms with E-state index in [1.54, 1.807) is 11.0 Å². The highest BCUT2D eigenvalue weighted by atomic mass is 32.1. The number of fused-ring (bicyclic) bond motifs is 2. The maximum absolute atomic E-state index is 12.3. The second-order valence-electron chi connectivity index (χ2n) is 7.39. The number of hydrogen-bond acceptors (Lipinski definition) is 7. The van der Waals surface area contributed by atoms with E-state index in [4.69, 9.17) is 15.2 Å². The fourth-order valence-corrected chi connectivity index (χ4v) is 3.58. The Morgan fingerprint density at radius 2 is 1.93 bits per heavy atom. The Morgan fingerprint density at radius 1 is 1.15 bits per heavy atom. The first kappa shape index (κ1) is 17.5. The van der Waals surface area contributed by atoms with Gasteiger partial charge in [-0.05, 0) is 50.1 Å². The smallest absolute Gasteiger partial charge is 0.410 e. The Bertz CT molecular complexity index is 1030. The zero-order valence-electron chi connectivity index (χ0n) is 15.4. The van der Waals surface area contributed by atoms with Crippen molar-refractivity contribution in [1.82, 2.24) is 14.9 Å². The van der Waals surface area contributed by atoms with Gasteiger partial charge in [-0.15, -0.1) is 0 Å². The highest BCUT2D eigenvalue weighted by molar-refractivity contribution is 7.21. The lowest BCUT2D eigenvalue weighted by Crippen LogP contribution is -2.33. The molecule has 0 spiro atoms. The molecule has 4 rings (SSSR count). The molecule has 2 aromatic heterocycles. The third-order valence-corrected chi connectivity index (χ3v) is 4.81. The summed E-state index contributed by atoms with van der Waals surface area (Å²) in [5.41, 5.74) is 8.09. The van der Waals surface area contributed by atoms with Crippen LogP contribution in [-0.4, -0.2) is 26.6 Å². The predicted octanol–water partition coefficient (Wildman–Crippen LogP) is 4.32. The minimum Gasteiger partial charge on any atom is -0.444 e. The molecule has 3 aromatic rings. The number of nitrogens with zero attached hydrogens (tertiary/aromatic N) is 3. The number of carbonyl (C=O) groups excluding carboxylic acids is 1. The molecule has 0 saturated heterocycles. The Hall–Kier alpha value is -2.87. The molecule has 27 heavy (non-hydrogen) atoms. The van der Waals surface area contributed by atoms with Gasteiger partial charge in [-0.1, -0.05) is 17.4 Å². The predicted molar refractivity (Wildman–Crippen MR) is 104 cm³/mol. The van der Waals surface area contributed by atoms with Crippen LogP contribution in [0.2, 0.25) is 0 Å². The molecule has 0 fully saturated rings. The van der Waals surface area contributed by atoms with E-state index in [1.165, 1.54) is 11.3 Å². The van der Waals surface area contributed by atoms with Gasteiger partial charge in [-0.2, -0.15) is 0 Å². The van der Waals surface area contributed by atoms with Crippen LogP contribution in [0.4, 0.5) is 9.93 Å². The molecule has 140 valence electrons. The molecule has 1 aliphatic heterocycles. The molecule has 0 atom stereocenters. The van der Waals surface area contributed by atoms with Crippen molar-refractivity contribution >= 4 is 32.9 Å². The number of nitrogens with two attached hydrogens (primary N) is 1. The third-order valence-electron chi connectivity index (χ3n) is 4.02. The van der Waals surface area contributed by atoms with Crippen molar-refractivity contribution in [2.45, 2.75) is 39.5 Å². The summed E-state index contributed by atoms with van der Waals surface area (Å²) in [6.07, 6.45) is -0.309. The Labute approximate surface area is 160 Å². The van der Waals surface area contributed by atoms with E-state index >= 15 is 0 Å². The zero-order valence-corrected chi connectivity index (χ0v) is 16.2. The number of rotatable bonds is 2. The maximum atomic E-state index is 12.3. The number of pyridine rings is 1. The van der Waals surface area contributed by atoms with Crippen LogP contribution in [0.1, 0.15) is 31.9 Å². The van der Waals surface area contributed by atoms with Gasteiger partial charge < -0.3 is 15.2 Å². The highest BCUT2D eigenvalue weighted by Crippen LogP contribution is 2.31. The molecule has 0 radical (unpaired) electrons. The first-order valence-corrected chi connectivity index (χ1v) is 9.39. The van der Waals surface area contributed by atoms with Crippen molar-refractivity contribution < 1.29 is 14.3 Å². The van der Waals surface area contributed by atoms with E-state index in [9.17, 15) is 4.79 Å². The molecular weight excluding hydrogens is 364 g/mol. The van der Waals surface area contributed by atoms with Gasteiger partial charge in [0.15, 0.2) is 5.13 Å². The van der Waals surface area contributed by atoms with Crippen molar-refractivity contribution in [2.24, 2.45) is 0 Å². The standard InChI is InChI=1S/C19H20N4O3S/c1-19(2,3)26-18(24)23-9-11-4-5-13(8-12(11)10-23)25-15-7-6-14-16(22-15)27-17(20)21-14/h4-8H,9-10H2,1-3H3,(H2,20,21). The average Bonchev–Trinajstić information content (AvgIpc) is 3.14. The minimum atomic E-state index is -0.509. The molecule has 0 unspecified atom stereocenters. The van der Waals surface area contributed by atoms with Gasteiger partial charge in [0.05, 0.1) is 0 Å². The first-order chi connectivity index (χ1) is 12.8. The quantitative estimate of drug-likeness (QED) is 0.708. The number of anilines is 1. The Morgan fingerprint density at radius 3 is 2.70 bits per heavy atom. The second-order valence-corrected chi connectivity index (χ2v) is 8.40. The summed E-state index contributed by atoms with van der Waals surface area (Å²) in [7, 11) is 0. The summed E-state index contributed by atoms with van der Waals surface area (Å²) < 4.78 is 11.3. The summed E-state index contributed by atoms with van der Waals surface area (Å²) in [6, 6.07) is 9.39. The SMILES string of the molecule is CC(C)(C)OC(=O)N1Cc2ccc(Oc3ccc4nc(N)sc4n3)cc2C1. The number of carbonyl (C=O) groups is 1. The molecule has 0 aliphatic carbocycles. The van der Waals surface area contributed by atoms with Gasteiger partial charge in [-0.3, -0.25) is 4.90 Å². The first-order valence-electron chi connectivity index (χ1n) is 8.57. The number of amides is 1. The highest BCUT2D eigenvalue weighted by Gasteiger charge is 2.28. The maximum Gasteiger partial charge on any atom is 0.410 e. The van der Waals surface area contributed by atoms with Gasteiger partial charge >= 0.3 is 6.09 Å². The number of ether oxygens (including phenoxy) is 2. The number of aromatic nitrogens is 2. The average molecular weight is 384 g/mol. The monoisotopic (exact) mass is 384 g/mol. The lowest BCUT2D eigenvalue weighted by Gasteiger charge is -2.24. The van der Waals surface area contributed by atoms with Gasteiger partial charge in [0.2, 0.25) is 5.88 Å². The molecule has 3 heterocycles. The second kappa shape index (κ2) is 6.38. The molecular formula is C19H20N4O3S. The van der Waals surface area contributed by atoms with Crippen LogP contribution in [0.15, 0.2) is 30.3 Å². The van der Waals surface area contributed by atoms with E-state index in [0.29, 0.717) is 29.9 Å². The number of nitrogen functional groups attached to an aromatic ring is 1. The molecule has 1 amide bonds. The van der Waals surface area contributed by atoms with E-state index in [-0.39, 0.29) is 6.09 Å². The number of hydrogen-bond donors (Lipinski definition) is 1. The van der Waals surface area contributed by atoms with Crippen LogP contribution in [0.25, 0.3) is 10.3 Å². The molecule has 1 aromatic carbocycles. The normalized spacial score (nSPS) is 13.7. The fraction of sp³-hybridized carbons (Fsp3) is 0.316. The van der Waals surface area contributed by atoms with Crippen molar-refractivity contribution in [1.29, 1.82) is 0 Å². The molecule has 7 nitrogen and oxygen atoms in total. The summed E-state index contributed by atoms with van der Waals surface area (Å²) in [5, 5.41) is 0.481. The fourth-order valence-electron chi connectivity index (χ4n) is 2.88. The van der Waals surface area contributed by atoms with Crippen LogP contribution in [0.3, 0.4) is 0 Å². The lowest BCUT2D eigenvalue weighted by molar-refractivity contribution is 0.0242. The van der Waals surface area contributed by atoms with E-state index in [2.05, 4.69) is 9.97 Å². The molecule has 0 bridgehead atoms. The summed E-state index contributed by atoms with van der Waals surface area (Å²) >= 11 is 1.32. The minimum absolute atomic E-state index is 0.309. The molecule has 1 aliphatic rings. The van der Waals surface area contributed by atoms with Crippen molar-refractivity contribution in [2.75, 3.05) is 5.73 Å². The van der Waals surface area contributed by atoms with Crippen LogP contribution in [-0.2, 0) is 17.8 Å². The van der Waals surface area contributed by atoms with Gasteiger partial charge in [0, 0.05) is 19.2 Å². The summed E-state index contributed by atoms with van der Waals surface area (Å²) in [4.78, 5) is 23.3. The van der Waals surface area contributed by atoms with E-state index in [0.717, 1.165) is 21.5 Å². The van der Waals surface area contributed by atoms with Gasteiger partial charge in [0.25, 0.3) is 0 Å². The topological polar surface area (TPSA) is 90.6 Å². The van der Waals surface area contributed by atoms with Crippen LogP contribution < -0.4 is 10.5 Å². The summed E-state index contributed by atoms with van der Waals surface area (Å²) in [6.45, 7) is 6.62. The lowest BCUT2D eigenvalue weighted by atomic mass is 10.1. The van der Waals surface area contributed by atoms with Crippen molar-refractivity contribution in [3.63, 3.8) is 0 Å². The van der Waals surface area contributed by atoms with Crippen LogP contribution >= 0.6 is 11.3 Å². The largest absolute Gasteiger partial charge is 0.444 e. The van der Waals surface area contributed by atoms with E-state index < -0.39 is 5.60 Å².